The van der Waals surface area contributed by atoms with Gasteiger partial charge in [-0.25, -0.2) is 18.1 Å². The molecule has 1 atom stereocenters. The van der Waals surface area contributed by atoms with Crippen molar-refractivity contribution >= 4 is 43.8 Å². The minimum Gasteiger partial charge on any atom is -0.454 e. The van der Waals surface area contributed by atoms with Crippen LogP contribution in [-0.2, 0) is 9.84 Å². The largest absolute Gasteiger partial charge is 0.454 e. The van der Waals surface area contributed by atoms with E-state index in [-0.39, 0.29) is 30.2 Å². The molecule has 0 bridgehead atoms. The highest BCUT2D eigenvalue weighted by molar-refractivity contribution is 7.91. The summed E-state index contributed by atoms with van der Waals surface area (Å²) in [6.45, 7) is 1.96. The third-order valence-corrected chi connectivity index (χ3v) is 8.68. The zero-order chi connectivity index (χ0) is 23.4. The van der Waals surface area contributed by atoms with Gasteiger partial charge in [0.1, 0.15) is 0 Å². The van der Waals surface area contributed by atoms with Crippen LogP contribution >= 0.6 is 11.3 Å². The number of fused-ring (bicyclic) bond motifs is 2. The van der Waals surface area contributed by atoms with Gasteiger partial charge in [0.05, 0.1) is 44.8 Å². The molecule has 9 nitrogen and oxygen atoms in total. The Morgan fingerprint density at radius 2 is 2.06 bits per heavy atom. The van der Waals surface area contributed by atoms with Crippen molar-refractivity contribution in [2.75, 3.05) is 23.6 Å². The molecule has 6 rings (SSSR count). The Morgan fingerprint density at radius 3 is 2.82 bits per heavy atom. The van der Waals surface area contributed by atoms with E-state index in [1.54, 1.807) is 28.9 Å². The molecule has 4 aromatic rings. The molecule has 5 heterocycles. The van der Waals surface area contributed by atoms with Crippen LogP contribution in [0.5, 0.6) is 11.5 Å². The molecule has 2 aliphatic heterocycles. The Morgan fingerprint density at radius 1 is 1.21 bits per heavy atom. The number of aromatic nitrogens is 3. The van der Waals surface area contributed by atoms with Crippen LogP contribution in [0.15, 0.2) is 41.8 Å². The standard InChI is InChI=1S/C23H20N4O5S2/c1-13-21-16(23(28)24-14-4-5-18-19(9-14)32-12-31-18)10-17(20-3-2-7-33-20)25-22(21)27(26-13)15-6-8-34(29,30)11-15/h2-5,7,9-10,15H,6,8,11-12H2,1H3,(H,24,28)/t15-/m1/s1. The molecule has 0 unspecified atom stereocenters. The Balaban J connectivity index is 1.47. The summed E-state index contributed by atoms with van der Waals surface area (Å²) in [7, 11) is -3.12. The third kappa shape index (κ3) is 3.61. The van der Waals surface area contributed by atoms with Gasteiger partial charge in [0.25, 0.3) is 5.91 Å². The summed E-state index contributed by atoms with van der Waals surface area (Å²) in [5, 5.41) is 10.1. The zero-order valence-electron chi connectivity index (χ0n) is 18.1. The smallest absolute Gasteiger partial charge is 0.256 e. The van der Waals surface area contributed by atoms with Crippen LogP contribution < -0.4 is 14.8 Å². The van der Waals surface area contributed by atoms with Crippen molar-refractivity contribution in [2.45, 2.75) is 19.4 Å². The molecule has 174 valence electrons. The number of pyridine rings is 1. The number of nitrogens with one attached hydrogen (secondary N) is 1. The van der Waals surface area contributed by atoms with Gasteiger partial charge in [0, 0.05) is 11.8 Å². The first kappa shape index (κ1) is 21.1. The SMILES string of the molecule is Cc1nn([C@@H]2CCS(=O)(=O)C2)c2nc(-c3cccs3)cc(C(=O)Nc3ccc4c(c3)OCO4)c12. The molecule has 1 N–H and O–H groups in total. The highest BCUT2D eigenvalue weighted by Gasteiger charge is 2.32. The van der Waals surface area contributed by atoms with Gasteiger partial charge in [-0.05, 0) is 43.0 Å². The fraction of sp³-hybridized carbons (Fsp3) is 0.261. The number of aryl methyl sites for hydroxylation is 1. The van der Waals surface area contributed by atoms with E-state index in [0.29, 0.717) is 51.6 Å². The summed E-state index contributed by atoms with van der Waals surface area (Å²) in [6, 6.07) is 10.5. The van der Waals surface area contributed by atoms with Crippen molar-refractivity contribution in [3.63, 3.8) is 0 Å². The summed E-state index contributed by atoms with van der Waals surface area (Å²) >= 11 is 1.52. The van der Waals surface area contributed by atoms with E-state index in [1.165, 1.54) is 11.3 Å². The van der Waals surface area contributed by atoms with E-state index in [0.717, 1.165) is 4.88 Å². The van der Waals surface area contributed by atoms with E-state index in [2.05, 4.69) is 10.4 Å². The quantitative estimate of drug-likeness (QED) is 0.457. The minimum absolute atomic E-state index is 0.0207. The number of carbonyl (C=O) groups excluding carboxylic acids is 1. The molecule has 1 aromatic carbocycles. The summed E-state index contributed by atoms with van der Waals surface area (Å²) < 4.78 is 36.7. The maximum absolute atomic E-state index is 13.5. The number of nitrogens with zero attached hydrogens (tertiary/aromatic N) is 3. The lowest BCUT2D eigenvalue weighted by Crippen LogP contribution is -2.15. The van der Waals surface area contributed by atoms with Crippen LogP contribution in [0.25, 0.3) is 21.6 Å². The van der Waals surface area contributed by atoms with Crippen LogP contribution in [0.2, 0.25) is 0 Å². The maximum Gasteiger partial charge on any atom is 0.256 e. The predicted molar refractivity (Wildman–Crippen MR) is 128 cm³/mol. The second kappa shape index (κ2) is 7.81. The third-order valence-electron chi connectivity index (χ3n) is 6.04. The van der Waals surface area contributed by atoms with Gasteiger partial charge in [-0.15, -0.1) is 11.3 Å². The molecule has 34 heavy (non-hydrogen) atoms. The van der Waals surface area contributed by atoms with Gasteiger partial charge < -0.3 is 14.8 Å². The van der Waals surface area contributed by atoms with Crippen molar-refractivity contribution in [1.82, 2.24) is 14.8 Å². The first-order chi connectivity index (χ1) is 16.4. The number of hydrogen-bond acceptors (Lipinski definition) is 8. The van der Waals surface area contributed by atoms with Gasteiger partial charge in [-0.1, -0.05) is 6.07 Å². The van der Waals surface area contributed by atoms with Crippen LogP contribution in [0, 0.1) is 6.92 Å². The lowest BCUT2D eigenvalue weighted by molar-refractivity contribution is 0.102. The number of anilines is 1. The highest BCUT2D eigenvalue weighted by atomic mass is 32.2. The molecular formula is C23H20N4O5S2. The molecule has 2 aliphatic rings. The van der Waals surface area contributed by atoms with Crippen molar-refractivity contribution in [1.29, 1.82) is 0 Å². The Kier molecular flexibility index (Phi) is 4.85. The van der Waals surface area contributed by atoms with E-state index in [9.17, 15) is 13.2 Å². The molecule has 3 aromatic heterocycles. The molecule has 0 saturated carbocycles. The first-order valence-corrected chi connectivity index (χ1v) is 13.4. The number of hydrogen-bond donors (Lipinski definition) is 1. The van der Waals surface area contributed by atoms with Gasteiger partial charge in [-0.2, -0.15) is 5.10 Å². The molecule has 0 spiro atoms. The normalized spacial score (nSPS) is 18.4. The number of ether oxygens (including phenoxy) is 2. The van der Waals surface area contributed by atoms with Crippen molar-refractivity contribution < 1.29 is 22.7 Å². The van der Waals surface area contributed by atoms with Gasteiger partial charge in [-0.3, -0.25) is 4.79 Å². The maximum atomic E-state index is 13.5. The molecule has 1 amide bonds. The van der Waals surface area contributed by atoms with Gasteiger partial charge in [0.2, 0.25) is 6.79 Å². The predicted octanol–water partition coefficient (Wildman–Crippen LogP) is 3.81. The van der Waals surface area contributed by atoms with Crippen LogP contribution in [0.4, 0.5) is 5.69 Å². The number of benzene rings is 1. The van der Waals surface area contributed by atoms with Crippen molar-refractivity contribution in [3.8, 4) is 22.1 Å². The van der Waals surface area contributed by atoms with Crippen LogP contribution in [0.1, 0.15) is 28.5 Å². The molecule has 1 fully saturated rings. The summed E-state index contributed by atoms with van der Waals surface area (Å²) in [4.78, 5) is 19.2. The molecule has 0 aliphatic carbocycles. The van der Waals surface area contributed by atoms with Crippen LogP contribution in [0.3, 0.4) is 0 Å². The van der Waals surface area contributed by atoms with E-state index in [1.807, 2.05) is 24.4 Å². The molecule has 11 heteroatoms. The van der Waals surface area contributed by atoms with E-state index < -0.39 is 9.84 Å². The fourth-order valence-corrected chi connectivity index (χ4v) is 6.82. The average molecular weight is 497 g/mol. The van der Waals surface area contributed by atoms with Gasteiger partial charge in [0.15, 0.2) is 27.0 Å². The average Bonchev–Trinajstić information content (AvgIpc) is 3.59. The number of carbonyl (C=O) groups is 1. The number of amides is 1. The Hall–Kier alpha value is -3.44. The number of sulfone groups is 1. The van der Waals surface area contributed by atoms with E-state index >= 15 is 0 Å². The Labute approximate surface area is 199 Å². The van der Waals surface area contributed by atoms with E-state index in [4.69, 9.17) is 14.5 Å². The van der Waals surface area contributed by atoms with Crippen molar-refractivity contribution in [2.24, 2.45) is 0 Å². The summed E-state index contributed by atoms with van der Waals surface area (Å²) in [5.41, 5.74) is 2.78. The van der Waals surface area contributed by atoms with Crippen LogP contribution in [-0.4, -0.2) is 47.4 Å². The topological polar surface area (TPSA) is 112 Å². The molecule has 0 radical (unpaired) electrons. The Bertz CT molecular complexity index is 1540. The lowest BCUT2D eigenvalue weighted by atomic mass is 10.1. The summed E-state index contributed by atoms with van der Waals surface area (Å²) in [5.74, 6) is 1.04. The second-order valence-corrected chi connectivity index (χ2v) is 11.5. The second-order valence-electron chi connectivity index (χ2n) is 8.34. The number of thiophene rings is 1. The monoisotopic (exact) mass is 496 g/mol. The summed E-state index contributed by atoms with van der Waals surface area (Å²) in [6.07, 6.45) is 0.474. The van der Waals surface area contributed by atoms with Crippen molar-refractivity contribution in [3.05, 3.63) is 53.0 Å². The first-order valence-electron chi connectivity index (χ1n) is 10.7. The zero-order valence-corrected chi connectivity index (χ0v) is 19.8. The highest BCUT2D eigenvalue weighted by Crippen LogP contribution is 2.36. The number of rotatable bonds is 4. The fourth-order valence-electron chi connectivity index (χ4n) is 4.44. The lowest BCUT2D eigenvalue weighted by Gasteiger charge is -2.12. The minimum atomic E-state index is -3.12. The molecule has 1 saturated heterocycles. The van der Waals surface area contributed by atoms with Gasteiger partial charge >= 0.3 is 0 Å². The molecular weight excluding hydrogens is 476 g/mol.